The molecule has 1 aromatic carbocycles. The molecule has 0 spiro atoms. The van der Waals surface area contributed by atoms with Gasteiger partial charge < -0.3 is 19.7 Å². The number of rotatable bonds is 7. The Morgan fingerprint density at radius 3 is 2.60 bits per heavy atom. The molecular formula is C18H27N3O4. The van der Waals surface area contributed by atoms with Gasteiger partial charge >= 0.3 is 12.0 Å². The Hall–Kier alpha value is -2.12. The number of carbonyl (C=O) groups is 2. The number of morpholine rings is 1. The van der Waals surface area contributed by atoms with Gasteiger partial charge in [0, 0.05) is 38.4 Å². The van der Waals surface area contributed by atoms with Gasteiger partial charge in [-0.2, -0.15) is 0 Å². The summed E-state index contributed by atoms with van der Waals surface area (Å²) in [6.07, 6.45) is 0. The third-order valence-electron chi connectivity index (χ3n) is 4.20. The fourth-order valence-electron chi connectivity index (χ4n) is 2.69. The Morgan fingerprint density at radius 1 is 1.28 bits per heavy atom. The summed E-state index contributed by atoms with van der Waals surface area (Å²) in [5.74, 6) is -0.694. The molecule has 1 heterocycles. The molecule has 7 heteroatoms. The highest BCUT2D eigenvalue weighted by atomic mass is 16.5. The van der Waals surface area contributed by atoms with E-state index in [0.29, 0.717) is 13.1 Å². The lowest BCUT2D eigenvalue weighted by atomic mass is 10.1. The van der Waals surface area contributed by atoms with Gasteiger partial charge in [-0.3, -0.25) is 9.69 Å². The maximum Gasteiger partial charge on any atom is 0.321 e. The largest absolute Gasteiger partial charge is 0.469 e. The number of hydrogen-bond acceptors (Lipinski definition) is 5. The van der Waals surface area contributed by atoms with Crippen LogP contribution in [0.1, 0.15) is 6.92 Å². The smallest absolute Gasteiger partial charge is 0.321 e. The third-order valence-corrected chi connectivity index (χ3v) is 4.20. The van der Waals surface area contributed by atoms with E-state index in [1.165, 1.54) is 7.11 Å². The zero-order valence-corrected chi connectivity index (χ0v) is 14.9. The molecule has 1 N–H and O–H groups in total. The number of amides is 2. The van der Waals surface area contributed by atoms with Crippen LogP contribution in [0.25, 0.3) is 0 Å². The van der Waals surface area contributed by atoms with Crippen molar-refractivity contribution in [2.75, 3.05) is 58.4 Å². The number of esters is 1. The van der Waals surface area contributed by atoms with Crippen molar-refractivity contribution < 1.29 is 19.1 Å². The van der Waals surface area contributed by atoms with Crippen LogP contribution < -0.4 is 5.32 Å². The highest BCUT2D eigenvalue weighted by molar-refractivity contribution is 5.89. The Morgan fingerprint density at radius 2 is 1.96 bits per heavy atom. The van der Waals surface area contributed by atoms with E-state index >= 15 is 0 Å². The maximum atomic E-state index is 12.7. The number of carbonyl (C=O) groups excluding carboxylic acids is 2. The first-order valence-electron chi connectivity index (χ1n) is 8.59. The highest BCUT2D eigenvalue weighted by Gasteiger charge is 2.22. The minimum atomic E-state index is -0.379. The minimum absolute atomic E-state index is 0.213. The molecule has 1 saturated heterocycles. The molecule has 1 fully saturated rings. The number of anilines is 1. The van der Waals surface area contributed by atoms with Gasteiger partial charge in [-0.15, -0.1) is 0 Å². The topological polar surface area (TPSA) is 71.1 Å². The van der Waals surface area contributed by atoms with Crippen molar-refractivity contribution in [1.29, 1.82) is 0 Å². The van der Waals surface area contributed by atoms with Crippen LogP contribution in [0.4, 0.5) is 10.5 Å². The molecule has 25 heavy (non-hydrogen) atoms. The molecular weight excluding hydrogens is 322 g/mol. The van der Waals surface area contributed by atoms with Crippen molar-refractivity contribution in [3.8, 4) is 0 Å². The number of ether oxygens (including phenoxy) is 2. The van der Waals surface area contributed by atoms with Crippen LogP contribution in [0, 0.1) is 5.92 Å². The molecule has 1 aliphatic heterocycles. The average Bonchev–Trinajstić information content (AvgIpc) is 2.65. The number of benzene rings is 1. The lowest BCUT2D eigenvalue weighted by Gasteiger charge is -2.31. The van der Waals surface area contributed by atoms with Crippen molar-refractivity contribution in [2.24, 2.45) is 5.92 Å². The van der Waals surface area contributed by atoms with Gasteiger partial charge in [0.25, 0.3) is 0 Å². The predicted octanol–water partition coefficient (Wildman–Crippen LogP) is 1.66. The molecule has 0 radical (unpaired) electrons. The number of methoxy groups -OCH3 is 1. The second-order valence-corrected chi connectivity index (χ2v) is 6.12. The third kappa shape index (κ3) is 6.36. The fraction of sp³-hybridized carbons (Fsp3) is 0.556. The Bertz CT molecular complexity index is 547. The standard InChI is InChI=1S/C18H27N3O4/c1-15(17(22)24-2)14-21(9-8-20-10-12-25-13-11-20)18(23)19-16-6-4-3-5-7-16/h3-7,15H,8-14H2,1-2H3,(H,19,23). The molecule has 1 atom stereocenters. The van der Waals surface area contributed by atoms with Crippen LogP contribution >= 0.6 is 0 Å². The van der Waals surface area contributed by atoms with E-state index in [9.17, 15) is 9.59 Å². The summed E-state index contributed by atoms with van der Waals surface area (Å²) < 4.78 is 10.1. The van der Waals surface area contributed by atoms with Crippen molar-refractivity contribution in [2.45, 2.75) is 6.92 Å². The molecule has 0 aliphatic carbocycles. The van der Waals surface area contributed by atoms with E-state index in [0.717, 1.165) is 38.5 Å². The van der Waals surface area contributed by atoms with Crippen LogP contribution in [0.15, 0.2) is 30.3 Å². The monoisotopic (exact) mass is 349 g/mol. The van der Waals surface area contributed by atoms with Gasteiger partial charge in [-0.25, -0.2) is 4.79 Å². The molecule has 138 valence electrons. The zero-order valence-electron chi connectivity index (χ0n) is 14.9. The quantitative estimate of drug-likeness (QED) is 0.758. The molecule has 1 aliphatic rings. The normalized spacial score (nSPS) is 16.1. The Labute approximate surface area is 148 Å². The summed E-state index contributed by atoms with van der Waals surface area (Å²) in [4.78, 5) is 28.3. The number of nitrogens with one attached hydrogen (secondary N) is 1. The average molecular weight is 349 g/mol. The van der Waals surface area contributed by atoms with Crippen molar-refractivity contribution in [3.63, 3.8) is 0 Å². The fourth-order valence-corrected chi connectivity index (χ4v) is 2.69. The summed E-state index contributed by atoms with van der Waals surface area (Å²) in [6, 6.07) is 9.08. The number of hydrogen-bond donors (Lipinski definition) is 1. The highest BCUT2D eigenvalue weighted by Crippen LogP contribution is 2.09. The van der Waals surface area contributed by atoms with Crippen LogP contribution in [0.2, 0.25) is 0 Å². The van der Waals surface area contributed by atoms with Gasteiger partial charge in [0.1, 0.15) is 0 Å². The molecule has 7 nitrogen and oxygen atoms in total. The molecule has 0 aromatic heterocycles. The van der Waals surface area contributed by atoms with Crippen molar-refractivity contribution >= 4 is 17.7 Å². The van der Waals surface area contributed by atoms with E-state index in [4.69, 9.17) is 9.47 Å². The maximum absolute atomic E-state index is 12.7. The number of para-hydroxylation sites is 1. The SMILES string of the molecule is COC(=O)C(C)CN(CCN1CCOCC1)C(=O)Nc1ccccc1. The first-order valence-corrected chi connectivity index (χ1v) is 8.59. The van der Waals surface area contributed by atoms with Crippen LogP contribution in [-0.2, 0) is 14.3 Å². The van der Waals surface area contributed by atoms with Crippen LogP contribution in [0.5, 0.6) is 0 Å². The molecule has 1 aromatic rings. The van der Waals surface area contributed by atoms with E-state index in [1.807, 2.05) is 30.3 Å². The van der Waals surface area contributed by atoms with Crippen LogP contribution in [0.3, 0.4) is 0 Å². The lowest BCUT2D eigenvalue weighted by molar-refractivity contribution is -0.145. The Kier molecular flexibility index (Phi) is 7.69. The van der Waals surface area contributed by atoms with Crippen molar-refractivity contribution in [3.05, 3.63) is 30.3 Å². The van der Waals surface area contributed by atoms with E-state index in [1.54, 1.807) is 11.8 Å². The number of nitrogens with zero attached hydrogens (tertiary/aromatic N) is 2. The van der Waals surface area contributed by atoms with Gasteiger partial charge in [0.15, 0.2) is 0 Å². The Balaban J connectivity index is 1.96. The first-order chi connectivity index (χ1) is 12.1. The minimum Gasteiger partial charge on any atom is -0.469 e. The molecule has 0 saturated carbocycles. The van der Waals surface area contributed by atoms with Gasteiger partial charge in [-0.1, -0.05) is 25.1 Å². The number of urea groups is 1. The molecule has 2 rings (SSSR count). The lowest BCUT2D eigenvalue weighted by Crippen LogP contribution is -2.46. The van der Waals surface area contributed by atoms with E-state index in [-0.39, 0.29) is 17.9 Å². The van der Waals surface area contributed by atoms with Crippen molar-refractivity contribution in [1.82, 2.24) is 9.80 Å². The molecule has 1 unspecified atom stereocenters. The summed E-state index contributed by atoms with van der Waals surface area (Å²) >= 11 is 0. The summed E-state index contributed by atoms with van der Waals surface area (Å²) in [5.41, 5.74) is 0.731. The summed E-state index contributed by atoms with van der Waals surface area (Å²) in [7, 11) is 1.36. The second kappa shape index (κ2) is 10.0. The van der Waals surface area contributed by atoms with Gasteiger partial charge in [0.2, 0.25) is 0 Å². The second-order valence-electron chi connectivity index (χ2n) is 6.12. The summed E-state index contributed by atoms with van der Waals surface area (Å²) in [5, 5.41) is 2.88. The van der Waals surface area contributed by atoms with Gasteiger partial charge in [-0.05, 0) is 12.1 Å². The molecule has 0 bridgehead atoms. The molecule has 2 amide bonds. The van der Waals surface area contributed by atoms with E-state index < -0.39 is 0 Å². The zero-order chi connectivity index (χ0) is 18.1. The van der Waals surface area contributed by atoms with Gasteiger partial charge in [0.05, 0.1) is 26.2 Å². The predicted molar refractivity (Wildman–Crippen MR) is 95.5 cm³/mol. The summed E-state index contributed by atoms with van der Waals surface area (Å²) in [6.45, 7) is 6.53. The van der Waals surface area contributed by atoms with E-state index in [2.05, 4.69) is 10.2 Å². The first kappa shape index (κ1) is 19.2. The van der Waals surface area contributed by atoms with Crippen LogP contribution in [-0.4, -0.2) is 74.8 Å².